The molecule has 2 N–H and O–H groups in total. The minimum atomic E-state index is -0.482. The van der Waals surface area contributed by atoms with Gasteiger partial charge in [0.1, 0.15) is 6.61 Å². The highest BCUT2D eigenvalue weighted by Gasteiger charge is 2.12. The van der Waals surface area contributed by atoms with Crippen LogP contribution in [0.5, 0.6) is 11.5 Å². The van der Waals surface area contributed by atoms with Crippen molar-refractivity contribution in [3.63, 3.8) is 0 Å². The first kappa shape index (κ1) is 13.7. The second-order valence-corrected chi connectivity index (χ2v) is 4.13. The highest BCUT2D eigenvalue weighted by molar-refractivity contribution is 5.48. The Morgan fingerprint density at radius 3 is 2.65 bits per heavy atom. The fourth-order valence-electron chi connectivity index (χ4n) is 1.73. The molecular formula is C14H14N2O4. The summed E-state index contributed by atoms with van der Waals surface area (Å²) in [7, 11) is 1.44. The maximum atomic E-state index is 10.7. The van der Waals surface area contributed by atoms with E-state index in [1.807, 2.05) is 12.1 Å². The molecule has 0 fully saturated rings. The highest BCUT2D eigenvalue weighted by atomic mass is 16.6. The van der Waals surface area contributed by atoms with Crippen LogP contribution in [0, 0.1) is 10.1 Å². The minimum absolute atomic E-state index is 0.0434. The zero-order valence-corrected chi connectivity index (χ0v) is 10.9. The Morgan fingerprint density at radius 1 is 1.20 bits per heavy atom. The van der Waals surface area contributed by atoms with E-state index in [0.717, 1.165) is 5.56 Å². The van der Waals surface area contributed by atoms with E-state index in [0.29, 0.717) is 23.8 Å². The average Bonchev–Trinajstić information content (AvgIpc) is 2.45. The molecule has 0 saturated heterocycles. The molecule has 0 saturated carbocycles. The molecule has 6 heteroatoms. The van der Waals surface area contributed by atoms with Crippen molar-refractivity contribution in [1.82, 2.24) is 0 Å². The quantitative estimate of drug-likeness (QED) is 0.514. The first-order valence-electron chi connectivity index (χ1n) is 5.90. The molecule has 0 aliphatic heterocycles. The summed E-state index contributed by atoms with van der Waals surface area (Å²) in [6, 6.07) is 11.5. The Kier molecular flexibility index (Phi) is 4.05. The number of nitro benzene ring substituents is 1. The number of nitrogen functional groups attached to an aromatic ring is 1. The second-order valence-electron chi connectivity index (χ2n) is 4.13. The topological polar surface area (TPSA) is 87.6 Å². The van der Waals surface area contributed by atoms with Gasteiger partial charge in [-0.05, 0) is 23.8 Å². The van der Waals surface area contributed by atoms with Crippen molar-refractivity contribution in [1.29, 1.82) is 0 Å². The van der Waals surface area contributed by atoms with Gasteiger partial charge < -0.3 is 15.2 Å². The number of nitrogens with two attached hydrogens (primary N) is 1. The Bertz CT molecular complexity index is 628. The number of hydrogen-bond donors (Lipinski definition) is 1. The number of methoxy groups -OCH3 is 1. The summed E-state index contributed by atoms with van der Waals surface area (Å²) in [4.78, 5) is 10.2. The van der Waals surface area contributed by atoms with Gasteiger partial charge in [-0.15, -0.1) is 0 Å². The van der Waals surface area contributed by atoms with Gasteiger partial charge in [-0.2, -0.15) is 0 Å². The Labute approximate surface area is 115 Å². The third-order valence-corrected chi connectivity index (χ3v) is 2.70. The van der Waals surface area contributed by atoms with Gasteiger partial charge >= 0.3 is 0 Å². The van der Waals surface area contributed by atoms with Crippen molar-refractivity contribution in [2.75, 3.05) is 12.8 Å². The molecule has 104 valence electrons. The SMILES string of the molecule is COc1cc([N+](=O)[O-])ccc1OCc1cccc(N)c1. The predicted octanol–water partition coefficient (Wildman–Crippen LogP) is 2.76. The molecule has 0 amide bonds. The van der Waals surface area contributed by atoms with Crippen molar-refractivity contribution in [2.45, 2.75) is 6.61 Å². The summed E-state index contributed by atoms with van der Waals surface area (Å²) in [5, 5.41) is 10.7. The molecule has 0 aliphatic carbocycles. The first-order valence-corrected chi connectivity index (χ1v) is 5.90. The van der Waals surface area contributed by atoms with Crippen LogP contribution in [0.25, 0.3) is 0 Å². The first-order chi connectivity index (χ1) is 9.60. The normalized spacial score (nSPS) is 10.1. The molecule has 0 aliphatic rings. The second kappa shape index (κ2) is 5.92. The van der Waals surface area contributed by atoms with Crippen molar-refractivity contribution in [3.05, 3.63) is 58.1 Å². The molecule has 0 heterocycles. The van der Waals surface area contributed by atoms with Crippen molar-refractivity contribution < 1.29 is 14.4 Å². The minimum Gasteiger partial charge on any atom is -0.493 e. The van der Waals surface area contributed by atoms with Crippen LogP contribution in [0.2, 0.25) is 0 Å². The van der Waals surface area contributed by atoms with E-state index >= 15 is 0 Å². The van der Waals surface area contributed by atoms with Crippen LogP contribution < -0.4 is 15.2 Å². The number of non-ortho nitro benzene ring substituents is 1. The number of nitro groups is 1. The van der Waals surface area contributed by atoms with E-state index in [1.54, 1.807) is 12.1 Å². The maximum Gasteiger partial charge on any atom is 0.273 e. The zero-order chi connectivity index (χ0) is 14.5. The van der Waals surface area contributed by atoms with Crippen LogP contribution in [-0.4, -0.2) is 12.0 Å². The smallest absolute Gasteiger partial charge is 0.273 e. The van der Waals surface area contributed by atoms with Gasteiger partial charge in [-0.25, -0.2) is 0 Å². The standard InChI is InChI=1S/C14H14N2O4/c1-19-14-8-12(16(17)18)5-6-13(14)20-9-10-3-2-4-11(15)7-10/h2-8H,9,15H2,1H3. The van der Waals surface area contributed by atoms with Gasteiger partial charge in [-0.3, -0.25) is 10.1 Å². The lowest BCUT2D eigenvalue weighted by Crippen LogP contribution is -1.99. The maximum absolute atomic E-state index is 10.7. The van der Waals surface area contributed by atoms with Crippen molar-refractivity contribution >= 4 is 11.4 Å². The summed E-state index contributed by atoms with van der Waals surface area (Å²) < 4.78 is 10.7. The van der Waals surface area contributed by atoms with E-state index in [1.165, 1.54) is 25.3 Å². The third kappa shape index (κ3) is 3.17. The van der Waals surface area contributed by atoms with Crippen molar-refractivity contribution in [3.8, 4) is 11.5 Å². The molecule has 20 heavy (non-hydrogen) atoms. The van der Waals surface area contributed by atoms with Crippen LogP contribution in [0.1, 0.15) is 5.56 Å². The summed E-state index contributed by atoms with van der Waals surface area (Å²) in [6.45, 7) is 0.305. The molecule has 0 atom stereocenters. The van der Waals surface area contributed by atoms with Gasteiger partial charge in [0, 0.05) is 11.8 Å². The molecule has 2 aromatic carbocycles. The van der Waals surface area contributed by atoms with Crippen LogP contribution in [0.3, 0.4) is 0 Å². The molecule has 0 aromatic heterocycles. The largest absolute Gasteiger partial charge is 0.493 e. The number of ether oxygens (including phenoxy) is 2. The van der Waals surface area contributed by atoms with E-state index in [2.05, 4.69) is 0 Å². The van der Waals surface area contributed by atoms with E-state index < -0.39 is 4.92 Å². The fraction of sp³-hybridized carbons (Fsp3) is 0.143. The van der Waals surface area contributed by atoms with Crippen LogP contribution in [0.15, 0.2) is 42.5 Å². The summed E-state index contributed by atoms with van der Waals surface area (Å²) >= 11 is 0. The molecule has 0 unspecified atom stereocenters. The lowest BCUT2D eigenvalue weighted by Gasteiger charge is -2.10. The van der Waals surface area contributed by atoms with Gasteiger partial charge in [0.05, 0.1) is 18.1 Å². The van der Waals surface area contributed by atoms with Gasteiger partial charge in [-0.1, -0.05) is 12.1 Å². The fourth-order valence-corrected chi connectivity index (χ4v) is 1.73. The Morgan fingerprint density at radius 2 is 2.00 bits per heavy atom. The predicted molar refractivity (Wildman–Crippen MR) is 74.8 cm³/mol. The van der Waals surface area contributed by atoms with Gasteiger partial charge in [0.2, 0.25) is 0 Å². The monoisotopic (exact) mass is 274 g/mol. The zero-order valence-electron chi connectivity index (χ0n) is 10.9. The molecule has 0 radical (unpaired) electrons. The summed E-state index contributed by atoms with van der Waals surface area (Å²) in [6.07, 6.45) is 0. The molecule has 0 spiro atoms. The van der Waals surface area contributed by atoms with Crippen LogP contribution in [-0.2, 0) is 6.61 Å². The highest BCUT2D eigenvalue weighted by Crippen LogP contribution is 2.31. The van der Waals surface area contributed by atoms with Gasteiger partial charge in [0.15, 0.2) is 11.5 Å². The lowest BCUT2D eigenvalue weighted by molar-refractivity contribution is -0.385. The Balaban J connectivity index is 2.15. The molecular weight excluding hydrogens is 260 g/mol. The van der Waals surface area contributed by atoms with Gasteiger partial charge in [0.25, 0.3) is 5.69 Å². The van der Waals surface area contributed by atoms with Crippen molar-refractivity contribution in [2.24, 2.45) is 0 Å². The van der Waals surface area contributed by atoms with E-state index in [-0.39, 0.29) is 5.69 Å². The van der Waals surface area contributed by atoms with E-state index in [9.17, 15) is 10.1 Å². The molecule has 0 bridgehead atoms. The summed E-state index contributed by atoms with van der Waals surface area (Å²) in [5.74, 6) is 0.767. The number of hydrogen-bond acceptors (Lipinski definition) is 5. The lowest BCUT2D eigenvalue weighted by atomic mass is 10.2. The number of anilines is 1. The number of rotatable bonds is 5. The Hall–Kier alpha value is -2.76. The average molecular weight is 274 g/mol. The molecule has 6 nitrogen and oxygen atoms in total. The number of nitrogens with zero attached hydrogens (tertiary/aromatic N) is 1. The molecule has 2 rings (SSSR count). The third-order valence-electron chi connectivity index (χ3n) is 2.70. The van der Waals surface area contributed by atoms with E-state index in [4.69, 9.17) is 15.2 Å². The number of benzene rings is 2. The molecule has 2 aromatic rings. The van der Waals surface area contributed by atoms with Crippen LogP contribution >= 0.6 is 0 Å². The summed E-state index contributed by atoms with van der Waals surface area (Å²) in [5.41, 5.74) is 7.20. The van der Waals surface area contributed by atoms with Crippen LogP contribution in [0.4, 0.5) is 11.4 Å².